The van der Waals surface area contributed by atoms with Gasteiger partial charge in [0.05, 0.1) is 11.0 Å². The Hall–Kier alpha value is -2.25. The molecule has 1 aromatic carbocycles. The van der Waals surface area contributed by atoms with Crippen LogP contribution in [-0.2, 0) is 22.6 Å². The second-order valence-electron chi connectivity index (χ2n) is 8.38. The maximum absolute atomic E-state index is 13.1. The van der Waals surface area contributed by atoms with E-state index in [0.29, 0.717) is 12.5 Å². The second-order valence-corrected chi connectivity index (χ2v) is 9.19. The van der Waals surface area contributed by atoms with Crippen molar-refractivity contribution in [3.63, 3.8) is 0 Å². The molecule has 29 heavy (non-hydrogen) atoms. The largest absolute Gasteiger partial charge is 0.457 e. The van der Waals surface area contributed by atoms with E-state index in [9.17, 15) is 9.59 Å². The van der Waals surface area contributed by atoms with Crippen molar-refractivity contribution in [3.8, 4) is 0 Å². The SMILES string of the molecule is Cc1c(CCN2CCC3(CC2)CCN(c2ccns2)C3=O)ccc2c1COC2=O. The Morgan fingerprint density at radius 1 is 1.14 bits per heavy atom. The summed E-state index contributed by atoms with van der Waals surface area (Å²) in [4.78, 5) is 29.2. The van der Waals surface area contributed by atoms with Crippen LogP contribution in [0.5, 0.6) is 0 Å². The quantitative estimate of drug-likeness (QED) is 0.723. The van der Waals surface area contributed by atoms with Crippen LogP contribution in [0.2, 0.25) is 0 Å². The fourth-order valence-corrected chi connectivity index (χ4v) is 5.62. The van der Waals surface area contributed by atoms with Gasteiger partial charge in [0.25, 0.3) is 0 Å². The lowest BCUT2D eigenvalue weighted by atomic mass is 9.77. The van der Waals surface area contributed by atoms with Crippen LogP contribution in [0.4, 0.5) is 5.00 Å². The van der Waals surface area contributed by atoms with Gasteiger partial charge in [-0.2, -0.15) is 4.37 Å². The molecule has 2 aromatic rings. The molecule has 1 spiro atoms. The molecule has 152 valence electrons. The zero-order chi connectivity index (χ0) is 20.0. The fourth-order valence-electron chi connectivity index (χ4n) is 5.00. The lowest BCUT2D eigenvalue weighted by molar-refractivity contribution is -0.127. The Morgan fingerprint density at radius 3 is 2.69 bits per heavy atom. The van der Waals surface area contributed by atoms with E-state index in [2.05, 4.69) is 22.3 Å². The van der Waals surface area contributed by atoms with Gasteiger partial charge in [-0.25, -0.2) is 4.79 Å². The first-order valence-electron chi connectivity index (χ1n) is 10.3. The lowest BCUT2D eigenvalue weighted by Crippen LogP contribution is -2.45. The van der Waals surface area contributed by atoms with Gasteiger partial charge in [0.15, 0.2) is 0 Å². The van der Waals surface area contributed by atoms with Gasteiger partial charge in [0.1, 0.15) is 11.6 Å². The van der Waals surface area contributed by atoms with Crippen molar-refractivity contribution in [1.82, 2.24) is 9.27 Å². The minimum absolute atomic E-state index is 0.179. The topological polar surface area (TPSA) is 62.7 Å². The monoisotopic (exact) mass is 411 g/mol. The molecule has 0 radical (unpaired) electrons. The van der Waals surface area contributed by atoms with Crippen molar-refractivity contribution in [1.29, 1.82) is 0 Å². The minimum Gasteiger partial charge on any atom is -0.457 e. The van der Waals surface area contributed by atoms with Crippen molar-refractivity contribution in [3.05, 3.63) is 46.6 Å². The number of anilines is 1. The van der Waals surface area contributed by atoms with Gasteiger partial charge in [-0.3, -0.25) is 4.79 Å². The summed E-state index contributed by atoms with van der Waals surface area (Å²) in [5.74, 6) is 0.0881. The molecule has 3 aliphatic rings. The fraction of sp³-hybridized carbons (Fsp3) is 0.500. The molecule has 3 aliphatic heterocycles. The standard InChI is InChI=1S/C22H25N3O3S/c1-15-16(2-3-17-18(15)14-28-20(17)26)5-10-24-11-6-22(7-12-24)8-13-25(21(22)27)19-4-9-23-29-19/h2-4,9H,5-8,10-14H2,1H3. The maximum Gasteiger partial charge on any atom is 0.338 e. The maximum atomic E-state index is 13.1. The summed E-state index contributed by atoms with van der Waals surface area (Å²) in [6.45, 7) is 6.22. The molecule has 1 amide bonds. The molecule has 0 aliphatic carbocycles. The van der Waals surface area contributed by atoms with Gasteiger partial charge in [0, 0.05) is 24.8 Å². The van der Waals surface area contributed by atoms with Gasteiger partial charge in [-0.05, 0) is 80.5 Å². The predicted molar refractivity (Wildman–Crippen MR) is 111 cm³/mol. The van der Waals surface area contributed by atoms with E-state index in [0.717, 1.165) is 68.0 Å². The number of likely N-dealkylation sites (tertiary alicyclic amines) is 1. The van der Waals surface area contributed by atoms with Crippen LogP contribution >= 0.6 is 11.5 Å². The Labute approximate surface area is 174 Å². The first-order chi connectivity index (χ1) is 14.1. The Balaban J connectivity index is 1.19. The third-order valence-electron chi connectivity index (χ3n) is 6.99. The molecular weight excluding hydrogens is 386 g/mol. The smallest absolute Gasteiger partial charge is 0.338 e. The number of carbonyl (C=O) groups excluding carboxylic acids is 2. The average Bonchev–Trinajstić information content (AvgIpc) is 3.45. The Morgan fingerprint density at radius 2 is 1.93 bits per heavy atom. The van der Waals surface area contributed by atoms with E-state index in [1.54, 1.807) is 6.20 Å². The van der Waals surface area contributed by atoms with Crippen LogP contribution in [-0.4, -0.2) is 47.3 Å². The van der Waals surface area contributed by atoms with Crippen LogP contribution < -0.4 is 4.90 Å². The number of hydrogen-bond donors (Lipinski definition) is 0. The molecule has 4 heterocycles. The average molecular weight is 412 g/mol. The van der Waals surface area contributed by atoms with Crippen LogP contribution in [0.25, 0.3) is 0 Å². The number of aromatic nitrogens is 1. The Bertz CT molecular complexity index is 948. The number of ether oxygens (including phenoxy) is 1. The number of piperidine rings is 1. The predicted octanol–water partition coefficient (Wildman–Crippen LogP) is 3.18. The molecule has 0 saturated carbocycles. The number of nitrogens with zero attached hydrogens (tertiary/aromatic N) is 3. The zero-order valence-corrected chi connectivity index (χ0v) is 17.5. The van der Waals surface area contributed by atoms with Crippen molar-refractivity contribution in [2.75, 3.05) is 31.1 Å². The van der Waals surface area contributed by atoms with Gasteiger partial charge >= 0.3 is 5.97 Å². The zero-order valence-electron chi connectivity index (χ0n) is 16.6. The highest BCUT2D eigenvalue weighted by atomic mass is 32.1. The van der Waals surface area contributed by atoms with E-state index in [-0.39, 0.29) is 11.4 Å². The highest BCUT2D eigenvalue weighted by molar-refractivity contribution is 7.10. The molecule has 0 bridgehead atoms. The molecule has 1 aromatic heterocycles. The van der Waals surface area contributed by atoms with Gasteiger partial charge in [-0.15, -0.1) is 0 Å². The molecule has 2 saturated heterocycles. The molecular formula is C22H25N3O3S. The van der Waals surface area contributed by atoms with Crippen LogP contribution in [0.1, 0.15) is 46.3 Å². The minimum atomic E-state index is -0.204. The van der Waals surface area contributed by atoms with Crippen molar-refractivity contribution >= 4 is 28.4 Å². The third-order valence-corrected chi connectivity index (χ3v) is 7.76. The summed E-state index contributed by atoms with van der Waals surface area (Å²) in [7, 11) is 0. The van der Waals surface area contributed by atoms with E-state index in [4.69, 9.17) is 4.74 Å². The van der Waals surface area contributed by atoms with Gasteiger partial charge in [-0.1, -0.05) is 6.07 Å². The summed E-state index contributed by atoms with van der Waals surface area (Å²) < 4.78 is 9.31. The Kier molecular flexibility index (Phi) is 4.67. The number of esters is 1. The van der Waals surface area contributed by atoms with Crippen molar-refractivity contribution in [2.45, 2.75) is 39.2 Å². The molecule has 0 unspecified atom stereocenters. The number of hydrogen-bond acceptors (Lipinski definition) is 6. The first-order valence-corrected chi connectivity index (χ1v) is 11.1. The highest BCUT2D eigenvalue weighted by Gasteiger charge is 2.48. The number of carbonyl (C=O) groups is 2. The van der Waals surface area contributed by atoms with Crippen molar-refractivity contribution < 1.29 is 14.3 Å². The van der Waals surface area contributed by atoms with Crippen LogP contribution in [0, 0.1) is 12.3 Å². The second kappa shape index (κ2) is 7.22. The third kappa shape index (κ3) is 3.16. The number of amides is 1. The summed E-state index contributed by atoms with van der Waals surface area (Å²) in [5.41, 5.74) is 4.06. The number of cyclic esters (lactones) is 1. The molecule has 2 fully saturated rings. The summed E-state index contributed by atoms with van der Waals surface area (Å²) >= 11 is 1.40. The molecule has 0 atom stereocenters. The van der Waals surface area contributed by atoms with E-state index >= 15 is 0 Å². The highest BCUT2D eigenvalue weighted by Crippen LogP contribution is 2.43. The summed E-state index contributed by atoms with van der Waals surface area (Å²) in [6, 6.07) is 5.91. The number of rotatable bonds is 4. The summed E-state index contributed by atoms with van der Waals surface area (Å²) in [6.07, 6.45) is 5.56. The first kappa shape index (κ1) is 18.8. The molecule has 6 nitrogen and oxygen atoms in total. The van der Waals surface area contributed by atoms with Crippen LogP contribution in [0.3, 0.4) is 0 Å². The van der Waals surface area contributed by atoms with Gasteiger partial charge < -0.3 is 14.5 Å². The van der Waals surface area contributed by atoms with E-state index < -0.39 is 0 Å². The summed E-state index contributed by atoms with van der Waals surface area (Å²) in [5, 5.41) is 0.976. The van der Waals surface area contributed by atoms with E-state index in [1.807, 2.05) is 17.0 Å². The van der Waals surface area contributed by atoms with E-state index in [1.165, 1.54) is 22.7 Å². The lowest BCUT2D eigenvalue weighted by Gasteiger charge is -2.38. The normalized spacial score (nSPS) is 21.1. The van der Waals surface area contributed by atoms with Crippen LogP contribution in [0.15, 0.2) is 24.4 Å². The molecule has 5 rings (SSSR count). The molecule has 0 N–H and O–H groups in total. The van der Waals surface area contributed by atoms with Gasteiger partial charge in [0.2, 0.25) is 5.91 Å². The molecule has 7 heteroatoms. The number of benzene rings is 1. The van der Waals surface area contributed by atoms with Crippen molar-refractivity contribution in [2.24, 2.45) is 5.41 Å². The number of fused-ring (bicyclic) bond motifs is 1.